The molecule has 0 heterocycles. The Bertz CT molecular complexity index is 395. The van der Waals surface area contributed by atoms with Gasteiger partial charge in [-0.05, 0) is 69.3 Å². The molecule has 0 aliphatic heterocycles. The number of rotatable bonds is 4. The maximum absolute atomic E-state index is 6.29. The fourth-order valence-corrected chi connectivity index (χ4v) is 3.22. The molecule has 1 fully saturated rings. The van der Waals surface area contributed by atoms with Gasteiger partial charge in [0.1, 0.15) is 11.9 Å². The number of aryl methyl sites for hydroxylation is 2. The van der Waals surface area contributed by atoms with E-state index in [0.29, 0.717) is 12.1 Å². The van der Waals surface area contributed by atoms with Crippen LogP contribution in [-0.4, -0.2) is 19.2 Å². The molecule has 2 rings (SSSR count). The van der Waals surface area contributed by atoms with Gasteiger partial charge in [-0.3, -0.25) is 0 Å². The van der Waals surface area contributed by atoms with Gasteiger partial charge in [0, 0.05) is 6.04 Å². The van der Waals surface area contributed by atoms with Crippen molar-refractivity contribution in [3.8, 4) is 5.75 Å². The predicted octanol–water partition coefficient (Wildman–Crippen LogP) is 3.85. The number of hydrogen-bond donors (Lipinski definition) is 1. The van der Waals surface area contributed by atoms with Crippen molar-refractivity contribution in [2.75, 3.05) is 7.05 Å². The average molecular weight is 261 g/mol. The summed E-state index contributed by atoms with van der Waals surface area (Å²) >= 11 is 0. The molecular weight excluding hydrogens is 234 g/mol. The van der Waals surface area contributed by atoms with E-state index in [1.165, 1.54) is 36.8 Å². The number of likely N-dealkylation sites (N-methyl/N-ethyl adjacent to an activating group) is 1. The maximum Gasteiger partial charge on any atom is 0.120 e. The van der Waals surface area contributed by atoms with Gasteiger partial charge >= 0.3 is 0 Å². The molecule has 3 atom stereocenters. The second kappa shape index (κ2) is 6.42. The summed E-state index contributed by atoms with van der Waals surface area (Å²) in [5.41, 5.74) is 2.55. The molecule has 3 unspecified atom stereocenters. The molecule has 2 heteroatoms. The van der Waals surface area contributed by atoms with E-state index < -0.39 is 0 Å². The van der Waals surface area contributed by atoms with E-state index in [-0.39, 0.29) is 0 Å². The molecule has 1 aliphatic rings. The lowest BCUT2D eigenvalue weighted by Gasteiger charge is -2.36. The third-order valence-electron chi connectivity index (χ3n) is 4.33. The van der Waals surface area contributed by atoms with Crippen LogP contribution in [0.2, 0.25) is 0 Å². The zero-order valence-electron chi connectivity index (χ0n) is 12.7. The van der Waals surface area contributed by atoms with Crippen molar-refractivity contribution < 1.29 is 4.74 Å². The third kappa shape index (κ3) is 3.73. The largest absolute Gasteiger partial charge is 0.489 e. The molecule has 1 saturated carbocycles. The standard InChI is InChI=1S/C17H27NO/c1-5-14-6-7-16(18-4)17(11-14)19-15-9-12(2)8-13(3)10-15/h8-10,14,16-18H,5-7,11H2,1-4H3. The van der Waals surface area contributed by atoms with Crippen LogP contribution in [0.15, 0.2) is 18.2 Å². The van der Waals surface area contributed by atoms with E-state index >= 15 is 0 Å². The fraction of sp³-hybridized carbons (Fsp3) is 0.647. The molecule has 1 N–H and O–H groups in total. The van der Waals surface area contributed by atoms with Crippen LogP contribution in [0.4, 0.5) is 0 Å². The number of hydrogen-bond acceptors (Lipinski definition) is 2. The number of benzene rings is 1. The van der Waals surface area contributed by atoms with E-state index in [1.54, 1.807) is 0 Å². The molecule has 106 valence electrons. The first kappa shape index (κ1) is 14.4. The molecule has 0 bridgehead atoms. The van der Waals surface area contributed by atoms with Crippen LogP contribution in [0.5, 0.6) is 5.75 Å². The SMILES string of the molecule is CCC1CCC(NC)C(Oc2cc(C)cc(C)c2)C1. The highest BCUT2D eigenvalue weighted by atomic mass is 16.5. The summed E-state index contributed by atoms with van der Waals surface area (Å²) in [7, 11) is 2.05. The fourth-order valence-electron chi connectivity index (χ4n) is 3.22. The average Bonchev–Trinajstić information content (AvgIpc) is 2.37. The summed E-state index contributed by atoms with van der Waals surface area (Å²) in [5, 5.41) is 3.42. The summed E-state index contributed by atoms with van der Waals surface area (Å²) in [6, 6.07) is 6.98. The molecule has 19 heavy (non-hydrogen) atoms. The number of nitrogens with one attached hydrogen (secondary N) is 1. The zero-order chi connectivity index (χ0) is 13.8. The van der Waals surface area contributed by atoms with Gasteiger partial charge in [-0.25, -0.2) is 0 Å². The molecule has 2 nitrogen and oxygen atoms in total. The Morgan fingerprint density at radius 3 is 2.42 bits per heavy atom. The van der Waals surface area contributed by atoms with Gasteiger partial charge in [0.2, 0.25) is 0 Å². The van der Waals surface area contributed by atoms with Crippen LogP contribution in [0, 0.1) is 19.8 Å². The highest BCUT2D eigenvalue weighted by molar-refractivity contribution is 5.33. The van der Waals surface area contributed by atoms with Gasteiger partial charge in [0.25, 0.3) is 0 Å². The Morgan fingerprint density at radius 2 is 1.84 bits per heavy atom. The molecule has 0 aromatic heterocycles. The lowest BCUT2D eigenvalue weighted by Crippen LogP contribution is -2.45. The van der Waals surface area contributed by atoms with Crippen LogP contribution in [0.1, 0.15) is 43.7 Å². The first-order chi connectivity index (χ1) is 9.12. The van der Waals surface area contributed by atoms with Crippen molar-refractivity contribution in [1.82, 2.24) is 5.32 Å². The minimum absolute atomic E-state index is 0.310. The zero-order valence-corrected chi connectivity index (χ0v) is 12.7. The maximum atomic E-state index is 6.29. The predicted molar refractivity (Wildman–Crippen MR) is 80.8 cm³/mol. The minimum Gasteiger partial charge on any atom is -0.489 e. The Balaban J connectivity index is 2.09. The Hall–Kier alpha value is -1.02. The normalized spacial score (nSPS) is 27.3. The number of ether oxygens (including phenoxy) is 1. The van der Waals surface area contributed by atoms with E-state index in [1.807, 2.05) is 0 Å². The highest BCUT2D eigenvalue weighted by Crippen LogP contribution is 2.30. The first-order valence-electron chi connectivity index (χ1n) is 7.54. The molecule has 1 aromatic rings. The Morgan fingerprint density at radius 1 is 1.16 bits per heavy atom. The van der Waals surface area contributed by atoms with Gasteiger partial charge in [-0.2, -0.15) is 0 Å². The van der Waals surface area contributed by atoms with E-state index in [0.717, 1.165) is 11.7 Å². The first-order valence-corrected chi connectivity index (χ1v) is 7.54. The molecule has 0 saturated heterocycles. The molecule has 1 aromatic carbocycles. The Labute approximate surface area is 117 Å². The second-order valence-electron chi connectivity index (χ2n) is 5.96. The van der Waals surface area contributed by atoms with E-state index in [2.05, 4.69) is 51.3 Å². The van der Waals surface area contributed by atoms with Crippen molar-refractivity contribution in [2.24, 2.45) is 5.92 Å². The van der Waals surface area contributed by atoms with Gasteiger partial charge in [0.05, 0.1) is 0 Å². The molecule has 0 amide bonds. The molecular formula is C17H27NO. The van der Waals surface area contributed by atoms with Gasteiger partial charge in [0.15, 0.2) is 0 Å². The van der Waals surface area contributed by atoms with E-state index in [9.17, 15) is 0 Å². The minimum atomic E-state index is 0.310. The highest BCUT2D eigenvalue weighted by Gasteiger charge is 2.30. The van der Waals surface area contributed by atoms with Crippen LogP contribution in [-0.2, 0) is 0 Å². The lowest BCUT2D eigenvalue weighted by molar-refractivity contribution is 0.0882. The van der Waals surface area contributed by atoms with Crippen molar-refractivity contribution in [2.45, 2.75) is 58.6 Å². The second-order valence-corrected chi connectivity index (χ2v) is 5.96. The molecule has 1 aliphatic carbocycles. The van der Waals surface area contributed by atoms with Gasteiger partial charge < -0.3 is 10.1 Å². The topological polar surface area (TPSA) is 21.3 Å². The van der Waals surface area contributed by atoms with E-state index in [4.69, 9.17) is 4.74 Å². The van der Waals surface area contributed by atoms with Crippen LogP contribution in [0.25, 0.3) is 0 Å². The van der Waals surface area contributed by atoms with Crippen molar-refractivity contribution in [3.05, 3.63) is 29.3 Å². The van der Waals surface area contributed by atoms with Crippen molar-refractivity contribution in [3.63, 3.8) is 0 Å². The summed E-state index contributed by atoms with van der Waals surface area (Å²) in [6.07, 6.45) is 5.31. The summed E-state index contributed by atoms with van der Waals surface area (Å²) < 4.78 is 6.29. The summed E-state index contributed by atoms with van der Waals surface area (Å²) in [6.45, 7) is 6.55. The van der Waals surface area contributed by atoms with Crippen LogP contribution < -0.4 is 10.1 Å². The Kier molecular flexibility index (Phi) is 4.87. The quantitative estimate of drug-likeness (QED) is 0.889. The molecule has 0 radical (unpaired) electrons. The third-order valence-corrected chi connectivity index (χ3v) is 4.33. The van der Waals surface area contributed by atoms with Gasteiger partial charge in [-0.1, -0.05) is 19.4 Å². The smallest absolute Gasteiger partial charge is 0.120 e. The van der Waals surface area contributed by atoms with Gasteiger partial charge in [-0.15, -0.1) is 0 Å². The summed E-state index contributed by atoms with van der Waals surface area (Å²) in [5.74, 6) is 1.85. The molecule has 0 spiro atoms. The van der Waals surface area contributed by atoms with Crippen molar-refractivity contribution in [1.29, 1.82) is 0 Å². The lowest BCUT2D eigenvalue weighted by atomic mass is 9.82. The van der Waals surface area contributed by atoms with Crippen LogP contribution >= 0.6 is 0 Å². The summed E-state index contributed by atoms with van der Waals surface area (Å²) in [4.78, 5) is 0. The van der Waals surface area contributed by atoms with Crippen molar-refractivity contribution >= 4 is 0 Å². The monoisotopic (exact) mass is 261 g/mol. The van der Waals surface area contributed by atoms with Crippen LogP contribution in [0.3, 0.4) is 0 Å².